The summed E-state index contributed by atoms with van der Waals surface area (Å²) in [5.74, 6) is 5.21. The Kier molecular flexibility index (Phi) is 11.0. The molecule has 11 heteroatoms. The number of amides is 1. The molecule has 0 aromatic heterocycles. The van der Waals surface area contributed by atoms with E-state index in [2.05, 4.69) is 50.4 Å². The number of β-lactam (4-membered cyclic amide) rings is 1. The highest BCUT2D eigenvalue weighted by molar-refractivity contribution is 7.88. The summed E-state index contributed by atoms with van der Waals surface area (Å²) >= 11 is 0. The number of esters is 1. The van der Waals surface area contributed by atoms with E-state index < -0.39 is 30.4 Å². The third-order valence-electron chi connectivity index (χ3n) is 8.71. The molecule has 0 bridgehead atoms. The van der Waals surface area contributed by atoms with Crippen molar-refractivity contribution < 1.29 is 31.6 Å². The summed E-state index contributed by atoms with van der Waals surface area (Å²) in [6.45, 7) is 12.3. The van der Waals surface area contributed by atoms with Gasteiger partial charge in [0.1, 0.15) is 17.7 Å². The van der Waals surface area contributed by atoms with Gasteiger partial charge in [0.15, 0.2) is 0 Å². The minimum atomic E-state index is -3.33. The van der Waals surface area contributed by atoms with Gasteiger partial charge in [-0.15, -0.1) is 0 Å². The molecule has 1 heterocycles. The van der Waals surface area contributed by atoms with Gasteiger partial charge in [0.05, 0.1) is 24.8 Å². The highest BCUT2D eigenvalue weighted by Gasteiger charge is 2.48. The smallest absolute Gasteiger partial charge is 0.303 e. The standard InChI is InChI=1S/C36H43FN2O6SSi/c1-25(40)44-33(27-12-16-29(37)17-13-27)23-22-32-34(28-14-20-31(21-15-28)45-47(6,7)36(2,3)4)39(35(32)41)30-18-10-26(11-19-30)9-8-24-38-46(5,42)43/h10-21,32-34,38H,22-24H2,1-7H3/t32-,33?,34-/m1/s1. The van der Waals surface area contributed by atoms with Crippen molar-refractivity contribution in [3.8, 4) is 17.6 Å². The average molecular weight is 679 g/mol. The first-order valence-corrected chi connectivity index (χ1v) is 20.3. The Morgan fingerprint density at radius 2 is 1.64 bits per heavy atom. The van der Waals surface area contributed by atoms with Gasteiger partial charge in [0, 0.05) is 18.2 Å². The van der Waals surface area contributed by atoms with E-state index in [4.69, 9.17) is 9.16 Å². The minimum absolute atomic E-state index is 0.00363. The van der Waals surface area contributed by atoms with Crippen molar-refractivity contribution >= 4 is 35.9 Å². The first-order valence-electron chi connectivity index (χ1n) is 15.5. The maximum Gasteiger partial charge on any atom is 0.303 e. The number of benzene rings is 3. The quantitative estimate of drug-likeness (QED) is 0.103. The Hall–Kier alpha value is -3.98. The number of hydrogen-bond acceptors (Lipinski definition) is 6. The lowest BCUT2D eigenvalue weighted by atomic mass is 9.78. The van der Waals surface area contributed by atoms with Gasteiger partial charge in [0.2, 0.25) is 24.2 Å². The largest absolute Gasteiger partial charge is 0.544 e. The van der Waals surface area contributed by atoms with Crippen molar-refractivity contribution in [1.29, 1.82) is 0 Å². The molecule has 1 unspecified atom stereocenters. The van der Waals surface area contributed by atoms with Gasteiger partial charge in [-0.3, -0.25) is 9.59 Å². The van der Waals surface area contributed by atoms with E-state index in [0.717, 1.165) is 17.6 Å². The van der Waals surface area contributed by atoms with Crippen LogP contribution in [0, 0.1) is 23.6 Å². The number of carbonyl (C=O) groups excluding carboxylic acids is 2. The summed E-state index contributed by atoms with van der Waals surface area (Å²) in [4.78, 5) is 27.5. The second kappa shape index (κ2) is 14.4. The van der Waals surface area contributed by atoms with Crippen LogP contribution in [0.15, 0.2) is 72.8 Å². The molecule has 4 rings (SSSR count). The topological polar surface area (TPSA) is 102 Å². The van der Waals surface area contributed by atoms with E-state index in [9.17, 15) is 22.4 Å². The van der Waals surface area contributed by atoms with Gasteiger partial charge in [-0.1, -0.05) is 56.9 Å². The number of halogens is 1. The third kappa shape index (κ3) is 9.31. The van der Waals surface area contributed by atoms with Crippen LogP contribution < -0.4 is 14.0 Å². The van der Waals surface area contributed by atoms with E-state index >= 15 is 0 Å². The van der Waals surface area contributed by atoms with Gasteiger partial charge in [-0.25, -0.2) is 17.5 Å². The first kappa shape index (κ1) is 35.9. The van der Waals surface area contributed by atoms with Gasteiger partial charge < -0.3 is 14.1 Å². The second-order valence-corrected chi connectivity index (χ2v) is 19.9. The van der Waals surface area contributed by atoms with Crippen LogP contribution in [0.2, 0.25) is 18.1 Å². The number of hydrogen-bond donors (Lipinski definition) is 1. The molecule has 0 spiro atoms. The number of rotatable bonds is 11. The molecule has 0 saturated carbocycles. The zero-order valence-corrected chi connectivity index (χ0v) is 29.8. The van der Waals surface area contributed by atoms with Gasteiger partial charge in [-0.05, 0) is 90.6 Å². The number of nitrogens with zero attached hydrogens (tertiary/aromatic N) is 1. The molecule has 3 aromatic carbocycles. The lowest BCUT2D eigenvalue weighted by Gasteiger charge is -2.48. The Morgan fingerprint density at radius 1 is 1.02 bits per heavy atom. The predicted octanol–water partition coefficient (Wildman–Crippen LogP) is 6.90. The van der Waals surface area contributed by atoms with Crippen LogP contribution in [0.3, 0.4) is 0 Å². The summed E-state index contributed by atoms with van der Waals surface area (Å²) < 4.78 is 50.6. The van der Waals surface area contributed by atoms with E-state index in [1.807, 2.05) is 36.4 Å². The number of ether oxygens (including phenoxy) is 1. The van der Waals surface area contributed by atoms with E-state index in [1.54, 1.807) is 29.2 Å². The summed E-state index contributed by atoms with van der Waals surface area (Å²) in [6, 6.07) is 20.7. The molecule has 1 fully saturated rings. The van der Waals surface area contributed by atoms with Crippen molar-refractivity contribution in [2.24, 2.45) is 5.92 Å². The maximum atomic E-state index is 13.8. The number of sulfonamides is 1. The molecular formula is C36H43FN2O6SSi. The molecule has 0 aliphatic carbocycles. The summed E-state index contributed by atoms with van der Waals surface area (Å²) in [7, 11) is -5.38. The first-order chi connectivity index (χ1) is 21.9. The van der Waals surface area contributed by atoms with Gasteiger partial charge >= 0.3 is 5.97 Å². The minimum Gasteiger partial charge on any atom is -0.544 e. The summed E-state index contributed by atoms with van der Waals surface area (Å²) in [6.07, 6.45) is 1.28. The van der Waals surface area contributed by atoms with E-state index in [-0.39, 0.29) is 35.3 Å². The van der Waals surface area contributed by atoms with Gasteiger partial charge in [-0.2, -0.15) is 0 Å². The average Bonchev–Trinajstić information content (AvgIpc) is 2.98. The molecule has 1 aliphatic rings. The Labute approximate surface area is 278 Å². The fourth-order valence-electron chi connectivity index (χ4n) is 5.20. The van der Waals surface area contributed by atoms with Crippen LogP contribution in [-0.4, -0.2) is 41.4 Å². The van der Waals surface area contributed by atoms with Crippen LogP contribution >= 0.6 is 0 Å². The number of carbonyl (C=O) groups is 2. The van der Waals surface area contributed by atoms with Crippen molar-refractivity contribution in [2.75, 3.05) is 17.7 Å². The SMILES string of the molecule is CC(=O)OC(CC[C@H]1C(=O)N(c2ccc(C#CCNS(C)(=O)=O)cc2)[C@@H]1c1ccc(O[Si](C)(C)C(C)(C)C)cc1)c1ccc(F)cc1. The molecule has 1 N–H and O–H groups in total. The molecule has 8 nitrogen and oxygen atoms in total. The highest BCUT2D eigenvalue weighted by atomic mass is 32.2. The zero-order valence-electron chi connectivity index (χ0n) is 28.0. The van der Waals surface area contributed by atoms with E-state index in [1.165, 1.54) is 19.1 Å². The fraction of sp³-hybridized carbons (Fsp3) is 0.389. The third-order valence-corrected chi connectivity index (χ3v) is 13.7. The zero-order chi connectivity index (χ0) is 34.6. The molecule has 3 aromatic rings. The molecule has 0 radical (unpaired) electrons. The van der Waals surface area contributed by atoms with Crippen LogP contribution in [-0.2, 0) is 24.3 Å². The molecule has 3 atom stereocenters. The van der Waals surface area contributed by atoms with Crippen LogP contribution in [0.4, 0.5) is 10.1 Å². The Balaban J connectivity index is 1.59. The molecule has 47 heavy (non-hydrogen) atoms. The Morgan fingerprint density at radius 3 is 2.19 bits per heavy atom. The molecular weight excluding hydrogens is 636 g/mol. The molecule has 1 aliphatic heterocycles. The summed E-state index contributed by atoms with van der Waals surface area (Å²) in [5, 5.41) is 0.0394. The lowest BCUT2D eigenvalue weighted by Crippen LogP contribution is -2.55. The number of anilines is 1. The maximum absolute atomic E-state index is 13.8. The van der Waals surface area contributed by atoms with Gasteiger partial charge in [0.25, 0.3) is 0 Å². The number of nitrogens with one attached hydrogen (secondary N) is 1. The molecule has 1 saturated heterocycles. The normalized spacial score (nSPS) is 17.3. The lowest BCUT2D eigenvalue weighted by molar-refractivity contribution is -0.147. The summed E-state index contributed by atoms with van der Waals surface area (Å²) in [5.41, 5.74) is 2.99. The fourth-order valence-corrected chi connectivity index (χ4v) is 6.57. The second-order valence-electron chi connectivity index (χ2n) is 13.4. The Bertz CT molecular complexity index is 1740. The van der Waals surface area contributed by atoms with E-state index in [0.29, 0.717) is 29.7 Å². The monoisotopic (exact) mass is 678 g/mol. The highest BCUT2D eigenvalue weighted by Crippen LogP contribution is 2.47. The predicted molar refractivity (Wildman–Crippen MR) is 184 cm³/mol. The van der Waals surface area contributed by atoms with Crippen molar-refractivity contribution in [2.45, 2.75) is 70.8 Å². The molecule has 250 valence electrons. The van der Waals surface area contributed by atoms with Crippen molar-refractivity contribution in [1.82, 2.24) is 4.72 Å². The van der Waals surface area contributed by atoms with Crippen molar-refractivity contribution in [3.05, 3.63) is 95.3 Å². The van der Waals surface area contributed by atoms with Crippen molar-refractivity contribution in [3.63, 3.8) is 0 Å². The van der Waals surface area contributed by atoms with Crippen LogP contribution in [0.5, 0.6) is 5.75 Å². The van der Waals surface area contributed by atoms with Crippen LogP contribution in [0.25, 0.3) is 0 Å². The molecule has 1 amide bonds. The van der Waals surface area contributed by atoms with Crippen LogP contribution in [0.1, 0.15) is 69.4 Å².